The van der Waals surface area contributed by atoms with Crippen molar-refractivity contribution in [3.8, 4) is 29.7 Å². The van der Waals surface area contributed by atoms with E-state index in [-0.39, 0.29) is 17.0 Å². The zero-order valence-corrected chi connectivity index (χ0v) is 18.7. The molecule has 0 spiro atoms. The molecule has 0 amide bonds. The zero-order valence-electron chi connectivity index (χ0n) is 18.7. The summed E-state index contributed by atoms with van der Waals surface area (Å²) < 4.78 is 11.0. The van der Waals surface area contributed by atoms with Gasteiger partial charge in [0.25, 0.3) is 0 Å². The number of rotatable bonds is 3. The predicted octanol–water partition coefficient (Wildman–Crippen LogP) is 4.99. The highest BCUT2D eigenvalue weighted by molar-refractivity contribution is 6.01. The number of nitriles is 3. The molecule has 1 aromatic carbocycles. The van der Waals surface area contributed by atoms with E-state index in [2.05, 4.69) is 45.1 Å². The van der Waals surface area contributed by atoms with Crippen molar-refractivity contribution in [2.75, 3.05) is 14.2 Å². The Kier molecular flexibility index (Phi) is 5.84. The summed E-state index contributed by atoms with van der Waals surface area (Å²) >= 11 is 0. The summed E-state index contributed by atoms with van der Waals surface area (Å²) in [5, 5.41) is 39.2. The third-order valence-electron chi connectivity index (χ3n) is 7.00. The standard InChI is InChI=1S/C25H28N4O2/c1-24(2,3)15-6-8-17-18(10-15)22(19-11-16(30-4)7-9-21(19)31-5)25(13-27,14-28)23(29)20(17)12-26/h7-9,11,15,18,20,22,29H,6,10H2,1-5H3/t15-,18+,20?,22+/m1/s1. The Hall–Kier alpha value is -3.30. The first-order chi connectivity index (χ1) is 14.7. The van der Waals surface area contributed by atoms with Crippen LogP contribution in [0.5, 0.6) is 11.5 Å². The zero-order chi connectivity index (χ0) is 23.0. The molecule has 31 heavy (non-hydrogen) atoms. The molecule has 2 aliphatic carbocycles. The molecule has 160 valence electrons. The molecule has 0 heterocycles. The minimum Gasteiger partial charge on any atom is -0.497 e. The molecule has 6 nitrogen and oxygen atoms in total. The number of nitrogens with one attached hydrogen (secondary N) is 1. The molecule has 0 bridgehead atoms. The van der Waals surface area contributed by atoms with Gasteiger partial charge in [-0.2, -0.15) is 15.8 Å². The Labute approximate surface area is 184 Å². The second-order valence-electron chi connectivity index (χ2n) is 9.44. The number of hydrogen-bond donors (Lipinski definition) is 1. The fourth-order valence-electron chi connectivity index (χ4n) is 5.16. The van der Waals surface area contributed by atoms with E-state index in [0.29, 0.717) is 23.0 Å². The fourth-order valence-corrected chi connectivity index (χ4v) is 5.16. The second-order valence-corrected chi connectivity index (χ2v) is 9.44. The average Bonchev–Trinajstić information content (AvgIpc) is 2.77. The lowest BCUT2D eigenvalue weighted by Crippen LogP contribution is -2.50. The van der Waals surface area contributed by atoms with Crippen molar-refractivity contribution in [1.82, 2.24) is 0 Å². The minimum absolute atomic E-state index is 0.0279. The first kappa shape index (κ1) is 22.4. The molecule has 0 radical (unpaired) electrons. The monoisotopic (exact) mass is 416 g/mol. The molecule has 1 fully saturated rings. The van der Waals surface area contributed by atoms with Crippen LogP contribution in [0.4, 0.5) is 0 Å². The molecule has 1 aromatic rings. The summed E-state index contributed by atoms with van der Waals surface area (Å²) in [6, 6.07) is 11.8. The second kappa shape index (κ2) is 8.09. The molecule has 6 heteroatoms. The third-order valence-corrected chi connectivity index (χ3v) is 7.00. The van der Waals surface area contributed by atoms with Crippen LogP contribution < -0.4 is 9.47 Å². The van der Waals surface area contributed by atoms with Crippen LogP contribution in [0.3, 0.4) is 0 Å². The fraction of sp³-hybridized carbons (Fsp3) is 0.520. The Morgan fingerprint density at radius 2 is 1.77 bits per heavy atom. The quantitative estimate of drug-likeness (QED) is 0.697. The number of fused-ring (bicyclic) bond motifs is 1. The van der Waals surface area contributed by atoms with Crippen LogP contribution in [0.1, 0.15) is 45.1 Å². The molecule has 0 aromatic heterocycles. The van der Waals surface area contributed by atoms with Crippen molar-refractivity contribution in [3.05, 3.63) is 35.4 Å². The van der Waals surface area contributed by atoms with Gasteiger partial charge in [0, 0.05) is 11.5 Å². The Morgan fingerprint density at radius 3 is 2.29 bits per heavy atom. The van der Waals surface area contributed by atoms with Crippen LogP contribution in [0.15, 0.2) is 29.8 Å². The van der Waals surface area contributed by atoms with Gasteiger partial charge >= 0.3 is 0 Å². The van der Waals surface area contributed by atoms with Gasteiger partial charge in [0.05, 0.1) is 38.1 Å². The number of allylic oxidation sites excluding steroid dienone is 2. The molecular formula is C25H28N4O2. The lowest BCUT2D eigenvalue weighted by atomic mass is 9.51. The van der Waals surface area contributed by atoms with Crippen LogP contribution in [-0.2, 0) is 0 Å². The van der Waals surface area contributed by atoms with Crippen LogP contribution in [0, 0.1) is 68.0 Å². The van der Waals surface area contributed by atoms with Crippen molar-refractivity contribution in [1.29, 1.82) is 21.2 Å². The van der Waals surface area contributed by atoms with Gasteiger partial charge in [-0.25, -0.2) is 0 Å². The molecule has 1 N–H and O–H groups in total. The Morgan fingerprint density at radius 1 is 1.10 bits per heavy atom. The summed E-state index contributed by atoms with van der Waals surface area (Å²) in [4.78, 5) is 0. The highest BCUT2D eigenvalue weighted by atomic mass is 16.5. The summed E-state index contributed by atoms with van der Waals surface area (Å²) in [6.45, 7) is 6.56. The summed E-state index contributed by atoms with van der Waals surface area (Å²) in [6.07, 6.45) is 3.62. The van der Waals surface area contributed by atoms with E-state index in [1.165, 1.54) is 0 Å². The van der Waals surface area contributed by atoms with Crippen molar-refractivity contribution in [2.24, 2.45) is 28.6 Å². The Bertz CT molecular complexity index is 1030. The number of nitrogens with zero attached hydrogens (tertiary/aromatic N) is 3. The lowest BCUT2D eigenvalue weighted by Gasteiger charge is -2.49. The molecule has 0 saturated heterocycles. The van der Waals surface area contributed by atoms with Crippen molar-refractivity contribution in [3.63, 3.8) is 0 Å². The summed E-state index contributed by atoms with van der Waals surface area (Å²) in [5.74, 6) is -0.275. The summed E-state index contributed by atoms with van der Waals surface area (Å²) in [5.41, 5.74) is -0.367. The van der Waals surface area contributed by atoms with Gasteiger partial charge in [-0.05, 0) is 53.9 Å². The van der Waals surface area contributed by atoms with Gasteiger partial charge in [0.15, 0.2) is 5.41 Å². The highest BCUT2D eigenvalue weighted by Crippen LogP contribution is 2.58. The largest absolute Gasteiger partial charge is 0.497 e. The van der Waals surface area contributed by atoms with E-state index >= 15 is 0 Å². The maximum atomic E-state index is 10.2. The SMILES string of the molecule is COc1ccc(OC)c([C@@H]2[C@H]3C[C@H](C(C)(C)C)CC=C3C(C#N)C(=N)C2(C#N)C#N)c1. The number of ether oxygens (including phenoxy) is 2. The minimum atomic E-state index is -1.76. The van der Waals surface area contributed by atoms with E-state index in [4.69, 9.17) is 14.9 Å². The topological polar surface area (TPSA) is 114 Å². The van der Waals surface area contributed by atoms with Crippen LogP contribution in [-0.4, -0.2) is 19.9 Å². The maximum Gasteiger partial charge on any atom is 0.189 e. The first-order valence-electron chi connectivity index (χ1n) is 10.4. The number of benzene rings is 1. The van der Waals surface area contributed by atoms with Gasteiger partial charge in [-0.1, -0.05) is 26.8 Å². The number of methoxy groups -OCH3 is 2. The molecular weight excluding hydrogens is 388 g/mol. The molecule has 0 aliphatic heterocycles. The molecule has 2 aliphatic rings. The van der Waals surface area contributed by atoms with Gasteiger partial charge < -0.3 is 14.9 Å². The van der Waals surface area contributed by atoms with E-state index < -0.39 is 17.3 Å². The Balaban J connectivity index is 2.33. The van der Waals surface area contributed by atoms with Crippen molar-refractivity contribution in [2.45, 2.75) is 39.5 Å². The van der Waals surface area contributed by atoms with Gasteiger partial charge in [-0.3, -0.25) is 0 Å². The highest BCUT2D eigenvalue weighted by Gasteiger charge is 2.58. The maximum absolute atomic E-state index is 10.2. The number of hydrogen-bond acceptors (Lipinski definition) is 6. The third kappa shape index (κ3) is 3.45. The van der Waals surface area contributed by atoms with Crippen molar-refractivity contribution < 1.29 is 9.47 Å². The van der Waals surface area contributed by atoms with Gasteiger partial charge in [0.1, 0.15) is 17.4 Å². The van der Waals surface area contributed by atoms with E-state index in [0.717, 1.165) is 18.4 Å². The first-order valence-corrected chi connectivity index (χ1v) is 10.4. The predicted molar refractivity (Wildman–Crippen MR) is 117 cm³/mol. The van der Waals surface area contributed by atoms with E-state index in [1.807, 2.05) is 0 Å². The normalized spacial score (nSPS) is 27.0. The molecule has 4 atom stereocenters. The van der Waals surface area contributed by atoms with Crippen LogP contribution in [0.25, 0.3) is 0 Å². The molecule has 1 unspecified atom stereocenters. The van der Waals surface area contributed by atoms with Crippen LogP contribution >= 0.6 is 0 Å². The van der Waals surface area contributed by atoms with Crippen molar-refractivity contribution >= 4 is 5.71 Å². The van der Waals surface area contributed by atoms with E-state index in [9.17, 15) is 15.8 Å². The average molecular weight is 417 g/mol. The molecule has 3 rings (SSSR count). The summed E-state index contributed by atoms with van der Waals surface area (Å²) in [7, 11) is 3.11. The van der Waals surface area contributed by atoms with E-state index in [1.54, 1.807) is 32.4 Å². The van der Waals surface area contributed by atoms with Gasteiger partial charge in [-0.15, -0.1) is 0 Å². The van der Waals surface area contributed by atoms with Crippen LogP contribution in [0.2, 0.25) is 0 Å². The van der Waals surface area contributed by atoms with Gasteiger partial charge in [0.2, 0.25) is 0 Å². The molecule has 1 saturated carbocycles. The lowest BCUT2D eigenvalue weighted by molar-refractivity contribution is 0.167. The smallest absolute Gasteiger partial charge is 0.189 e.